The lowest BCUT2D eigenvalue weighted by atomic mass is 10.1. The van der Waals surface area contributed by atoms with Crippen LogP contribution in [0.25, 0.3) is 27.8 Å². The minimum absolute atomic E-state index is 0.0226. The van der Waals surface area contributed by atoms with Crippen molar-refractivity contribution in [2.45, 2.75) is 38.1 Å². The summed E-state index contributed by atoms with van der Waals surface area (Å²) in [6.07, 6.45) is 6.90. The van der Waals surface area contributed by atoms with Crippen molar-refractivity contribution in [2.24, 2.45) is 0 Å². The van der Waals surface area contributed by atoms with Gasteiger partial charge in [0, 0.05) is 35.2 Å². The predicted octanol–water partition coefficient (Wildman–Crippen LogP) is 4.60. The third-order valence-corrected chi connectivity index (χ3v) is 6.47. The highest BCUT2D eigenvalue weighted by molar-refractivity contribution is 5.95. The molecule has 0 saturated heterocycles. The fraction of sp³-hybridized carbons (Fsp3) is 0.222. The highest BCUT2D eigenvalue weighted by atomic mass is 16.1. The average Bonchev–Trinajstić information content (AvgIpc) is 3.54. The highest BCUT2D eigenvalue weighted by Gasteiger charge is 2.18. The summed E-state index contributed by atoms with van der Waals surface area (Å²) in [5.74, 6) is 0.737. The van der Waals surface area contributed by atoms with Crippen molar-refractivity contribution < 1.29 is 4.79 Å². The second-order valence-corrected chi connectivity index (χ2v) is 8.85. The van der Waals surface area contributed by atoms with E-state index in [1.165, 1.54) is 12.8 Å². The Balaban J connectivity index is 1.29. The number of hydrogen-bond acceptors (Lipinski definition) is 5. The van der Waals surface area contributed by atoms with Gasteiger partial charge in [-0.05, 0) is 60.9 Å². The molecule has 34 heavy (non-hydrogen) atoms. The summed E-state index contributed by atoms with van der Waals surface area (Å²) in [6.45, 7) is 0. The molecule has 2 aromatic carbocycles. The van der Waals surface area contributed by atoms with Crippen LogP contribution in [0.1, 0.15) is 47.4 Å². The van der Waals surface area contributed by atoms with Crippen LogP contribution in [0.4, 0.5) is 0 Å². The monoisotopic (exact) mass is 448 g/mol. The van der Waals surface area contributed by atoms with Gasteiger partial charge in [0.05, 0.1) is 11.2 Å². The van der Waals surface area contributed by atoms with Crippen LogP contribution in [-0.2, 0) is 6.42 Å². The molecule has 1 N–H and O–H groups in total. The van der Waals surface area contributed by atoms with Crippen LogP contribution >= 0.6 is 0 Å². The molecule has 1 amide bonds. The molecule has 0 atom stereocenters. The van der Waals surface area contributed by atoms with Gasteiger partial charge in [-0.25, -0.2) is 0 Å². The Labute approximate surface area is 196 Å². The molecule has 168 valence electrons. The van der Waals surface area contributed by atoms with Crippen molar-refractivity contribution in [3.8, 4) is 11.3 Å². The largest absolute Gasteiger partial charge is 0.349 e. The van der Waals surface area contributed by atoms with Crippen LogP contribution in [0, 0.1) is 0 Å². The first-order valence-corrected chi connectivity index (χ1v) is 11.7. The molecule has 1 saturated carbocycles. The number of pyridine rings is 1. The Morgan fingerprint density at radius 1 is 0.971 bits per heavy atom. The molecule has 1 fully saturated rings. The minimum Gasteiger partial charge on any atom is -0.349 e. The Hall–Kier alpha value is -4.13. The van der Waals surface area contributed by atoms with Crippen molar-refractivity contribution in [3.05, 3.63) is 89.9 Å². The number of hydrogen-bond donors (Lipinski definition) is 1. The topological polar surface area (TPSA) is 85.1 Å². The van der Waals surface area contributed by atoms with E-state index < -0.39 is 0 Å². The number of carbonyl (C=O) groups is 1. The molecule has 0 unspecified atom stereocenters. The maximum atomic E-state index is 12.7. The van der Waals surface area contributed by atoms with Crippen molar-refractivity contribution in [1.82, 2.24) is 30.1 Å². The number of benzene rings is 2. The standard InChI is InChI=1S/C27H24N6O/c34-27(29-22-8-1-2-9-22)21-6-3-5-20(17-21)24-12-13-25-30-31-26(33(25)32-24)16-18-10-11-23-19(15-18)7-4-14-28-23/h3-7,10-15,17,22H,1-2,8-9,16H2,(H,29,34). The maximum Gasteiger partial charge on any atom is 0.251 e. The van der Waals surface area contributed by atoms with Gasteiger partial charge >= 0.3 is 0 Å². The minimum atomic E-state index is -0.0226. The lowest BCUT2D eigenvalue weighted by Gasteiger charge is -2.12. The third kappa shape index (κ3) is 4.01. The number of aromatic nitrogens is 5. The summed E-state index contributed by atoms with van der Waals surface area (Å²) in [5, 5.41) is 17.7. The first-order valence-electron chi connectivity index (χ1n) is 11.7. The molecule has 0 radical (unpaired) electrons. The molecule has 7 heteroatoms. The van der Waals surface area contributed by atoms with Crippen molar-refractivity contribution in [3.63, 3.8) is 0 Å². The Kier molecular flexibility index (Phi) is 5.22. The number of nitrogens with zero attached hydrogens (tertiary/aromatic N) is 5. The number of carbonyl (C=O) groups excluding carboxylic acids is 1. The van der Waals surface area contributed by atoms with E-state index in [4.69, 9.17) is 5.10 Å². The van der Waals surface area contributed by atoms with Gasteiger partial charge in [0.2, 0.25) is 0 Å². The first kappa shape index (κ1) is 20.5. The predicted molar refractivity (Wildman–Crippen MR) is 130 cm³/mol. The molecule has 6 rings (SSSR count). The smallest absolute Gasteiger partial charge is 0.251 e. The lowest BCUT2D eigenvalue weighted by Crippen LogP contribution is -2.32. The van der Waals surface area contributed by atoms with Gasteiger partial charge in [0.25, 0.3) is 5.91 Å². The molecule has 0 aliphatic heterocycles. The SMILES string of the molecule is O=C(NC1CCCC1)c1cccc(-c2ccc3nnc(Cc4ccc5ncccc5c4)n3n2)c1. The van der Waals surface area contributed by atoms with E-state index in [9.17, 15) is 4.79 Å². The first-order chi connectivity index (χ1) is 16.7. The van der Waals surface area contributed by atoms with Crippen LogP contribution in [-0.4, -0.2) is 36.7 Å². The van der Waals surface area contributed by atoms with Crippen molar-refractivity contribution in [1.29, 1.82) is 0 Å². The van der Waals surface area contributed by atoms with E-state index >= 15 is 0 Å². The maximum absolute atomic E-state index is 12.7. The van der Waals surface area contributed by atoms with E-state index in [-0.39, 0.29) is 11.9 Å². The van der Waals surface area contributed by atoms with Crippen molar-refractivity contribution >= 4 is 22.5 Å². The number of fused-ring (bicyclic) bond motifs is 2. The van der Waals surface area contributed by atoms with E-state index in [1.807, 2.05) is 48.5 Å². The van der Waals surface area contributed by atoms with Gasteiger partial charge in [0.1, 0.15) is 0 Å². The van der Waals surface area contributed by atoms with Crippen LogP contribution in [0.3, 0.4) is 0 Å². The zero-order chi connectivity index (χ0) is 22.9. The zero-order valence-electron chi connectivity index (χ0n) is 18.7. The number of rotatable bonds is 5. The van der Waals surface area contributed by atoms with Crippen LogP contribution in [0.15, 0.2) is 72.9 Å². The summed E-state index contributed by atoms with van der Waals surface area (Å²) >= 11 is 0. The fourth-order valence-corrected chi connectivity index (χ4v) is 4.67. The molecular weight excluding hydrogens is 424 g/mol. The lowest BCUT2D eigenvalue weighted by molar-refractivity contribution is 0.0938. The quantitative estimate of drug-likeness (QED) is 0.425. The fourth-order valence-electron chi connectivity index (χ4n) is 4.67. The van der Waals surface area contributed by atoms with Gasteiger partial charge < -0.3 is 5.32 Å². The molecule has 5 aromatic rings. The molecule has 0 bridgehead atoms. The summed E-state index contributed by atoms with van der Waals surface area (Å²) in [5.41, 5.74) is 5.09. The summed E-state index contributed by atoms with van der Waals surface area (Å²) in [6, 6.07) is 22.0. The van der Waals surface area contributed by atoms with E-state index in [1.54, 1.807) is 10.7 Å². The van der Waals surface area contributed by atoms with Gasteiger partial charge in [-0.15, -0.1) is 10.2 Å². The zero-order valence-corrected chi connectivity index (χ0v) is 18.7. The van der Waals surface area contributed by atoms with Crippen LogP contribution in [0.2, 0.25) is 0 Å². The average molecular weight is 449 g/mol. The van der Waals surface area contributed by atoms with E-state index in [2.05, 4.69) is 38.7 Å². The second-order valence-electron chi connectivity index (χ2n) is 8.85. The number of amides is 1. The Bertz CT molecular complexity index is 1500. The van der Waals surface area contributed by atoms with Gasteiger partial charge in [-0.2, -0.15) is 9.61 Å². The summed E-state index contributed by atoms with van der Waals surface area (Å²) in [4.78, 5) is 17.1. The molecule has 0 spiro atoms. The molecule has 1 aliphatic carbocycles. The van der Waals surface area contributed by atoms with Gasteiger partial charge in [0.15, 0.2) is 11.5 Å². The van der Waals surface area contributed by atoms with E-state index in [0.717, 1.165) is 46.4 Å². The second kappa shape index (κ2) is 8.67. The number of nitrogens with one attached hydrogen (secondary N) is 1. The summed E-state index contributed by atoms with van der Waals surface area (Å²) < 4.78 is 1.79. The third-order valence-electron chi connectivity index (χ3n) is 6.47. The molecule has 3 heterocycles. The van der Waals surface area contributed by atoms with Crippen molar-refractivity contribution in [2.75, 3.05) is 0 Å². The van der Waals surface area contributed by atoms with Gasteiger partial charge in [-0.1, -0.05) is 37.1 Å². The summed E-state index contributed by atoms with van der Waals surface area (Å²) in [7, 11) is 0. The highest BCUT2D eigenvalue weighted by Crippen LogP contribution is 2.22. The van der Waals surface area contributed by atoms with Gasteiger partial charge in [-0.3, -0.25) is 9.78 Å². The molecular formula is C27H24N6O. The van der Waals surface area contributed by atoms with Crippen LogP contribution in [0.5, 0.6) is 0 Å². The molecule has 3 aromatic heterocycles. The Morgan fingerprint density at radius 2 is 1.88 bits per heavy atom. The van der Waals surface area contributed by atoms with E-state index in [0.29, 0.717) is 17.6 Å². The molecule has 7 nitrogen and oxygen atoms in total. The molecule has 1 aliphatic rings. The Morgan fingerprint density at radius 3 is 2.79 bits per heavy atom. The normalized spacial score (nSPS) is 14.1. The van der Waals surface area contributed by atoms with Crippen LogP contribution < -0.4 is 5.32 Å².